The van der Waals surface area contributed by atoms with Crippen molar-refractivity contribution in [1.29, 1.82) is 0 Å². The molecule has 0 amide bonds. The van der Waals surface area contributed by atoms with Gasteiger partial charge in [-0.25, -0.2) is 4.79 Å². The molecule has 0 unspecified atom stereocenters. The summed E-state index contributed by atoms with van der Waals surface area (Å²) in [6.45, 7) is 0.492. The van der Waals surface area contributed by atoms with E-state index in [1.807, 2.05) is 0 Å². The highest BCUT2D eigenvalue weighted by atomic mass is 35.5. The van der Waals surface area contributed by atoms with Crippen LogP contribution in [0.2, 0.25) is 5.02 Å². The van der Waals surface area contributed by atoms with Crippen LogP contribution in [0, 0.1) is 5.92 Å². The van der Waals surface area contributed by atoms with Crippen LogP contribution in [0.5, 0.6) is 0 Å². The summed E-state index contributed by atoms with van der Waals surface area (Å²) in [6.07, 6.45) is 3.51. The lowest BCUT2D eigenvalue weighted by atomic mass is 10.2. The largest absolute Gasteiger partial charge is 0.462 e. The van der Waals surface area contributed by atoms with Crippen molar-refractivity contribution in [3.63, 3.8) is 0 Å². The van der Waals surface area contributed by atoms with E-state index in [1.54, 1.807) is 18.2 Å². The molecule has 4 heteroatoms. The van der Waals surface area contributed by atoms with Crippen LogP contribution in [0.15, 0.2) is 18.2 Å². The van der Waals surface area contributed by atoms with E-state index in [0.717, 1.165) is 12.3 Å². The molecule has 1 aliphatic carbocycles. The molecule has 1 saturated carbocycles. The van der Waals surface area contributed by atoms with Gasteiger partial charge in [-0.2, -0.15) is 0 Å². The number of ether oxygens (including phenoxy) is 1. The zero-order chi connectivity index (χ0) is 11.5. The monoisotopic (exact) mass is 239 g/mol. The summed E-state index contributed by atoms with van der Waals surface area (Å²) in [6, 6.07) is 4.77. The lowest BCUT2D eigenvalue weighted by Crippen LogP contribution is -2.07. The molecule has 86 valence electrons. The predicted octanol–water partition coefficient (Wildman–Crippen LogP) is 2.88. The van der Waals surface area contributed by atoms with E-state index in [-0.39, 0.29) is 5.97 Å². The second kappa shape index (κ2) is 4.74. The van der Waals surface area contributed by atoms with E-state index in [2.05, 4.69) is 0 Å². The summed E-state index contributed by atoms with van der Waals surface area (Å²) >= 11 is 5.76. The molecule has 1 aromatic rings. The molecule has 0 saturated heterocycles. The number of carbonyl (C=O) groups excluding carboxylic acids is 1. The van der Waals surface area contributed by atoms with Gasteiger partial charge in [0.05, 0.1) is 22.9 Å². The van der Waals surface area contributed by atoms with E-state index in [4.69, 9.17) is 22.1 Å². The quantitative estimate of drug-likeness (QED) is 0.649. The summed E-state index contributed by atoms with van der Waals surface area (Å²) in [7, 11) is 0. The minimum Gasteiger partial charge on any atom is -0.462 e. The molecule has 0 heterocycles. The van der Waals surface area contributed by atoms with Crippen LogP contribution in [0.25, 0.3) is 0 Å². The van der Waals surface area contributed by atoms with E-state index in [0.29, 0.717) is 22.9 Å². The smallest absolute Gasteiger partial charge is 0.338 e. The Balaban J connectivity index is 1.88. The number of nitrogens with two attached hydrogens (primary N) is 1. The van der Waals surface area contributed by atoms with Crippen molar-refractivity contribution >= 4 is 23.3 Å². The van der Waals surface area contributed by atoms with Crippen LogP contribution in [0.1, 0.15) is 29.6 Å². The molecule has 0 radical (unpaired) electrons. The summed E-state index contributed by atoms with van der Waals surface area (Å²) in [5.74, 6) is 0.437. The van der Waals surface area contributed by atoms with Crippen LogP contribution in [-0.4, -0.2) is 12.6 Å². The third kappa shape index (κ3) is 2.89. The molecule has 2 rings (SSSR count). The molecule has 2 N–H and O–H groups in total. The third-order valence-electron chi connectivity index (χ3n) is 2.69. The van der Waals surface area contributed by atoms with E-state index in [1.165, 1.54) is 12.8 Å². The summed E-state index contributed by atoms with van der Waals surface area (Å²) < 4.78 is 5.14. The van der Waals surface area contributed by atoms with Crippen molar-refractivity contribution in [3.05, 3.63) is 28.8 Å². The Kier molecular flexibility index (Phi) is 3.34. The number of anilines is 1. The van der Waals surface area contributed by atoms with Gasteiger partial charge in [0.25, 0.3) is 0 Å². The Morgan fingerprint density at radius 1 is 1.50 bits per heavy atom. The molecule has 1 aromatic carbocycles. The molecule has 0 atom stereocenters. The Morgan fingerprint density at radius 2 is 2.25 bits per heavy atom. The maximum Gasteiger partial charge on any atom is 0.338 e. The van der Waals surface area contributed by atoms with Gasteiger partial charge in [-0.05, 0) is 30.5 Å². The fourth-order valence-corrected chi connectivity index (χ4v) is 1.60. The van der Waals surface area contributed by atoms with Gasteiger partial charge in [0.15, 0.2) is 0 Å². The predicted molar refractivity (Wildman–Crippen MR) is 63.5 cm³/mol. The first kappa shape index (κ1) is 11.3. The second-order valence-electron chi connectivity index (χ2n) is 4.10. The lowest BCUT2D eigenvalue weighted by molar-refractivity contribution is 0.0495. The van der Waals surface area contributed by atoms with Gasteiger partial charge in [0.1, 0.15) is 0 Å². The maximum absolute atomic E-state index is 11.6. The van der Waals surface area contributed by atoms with Crippen LogP contribution >= 0.6 is 11.6 Å². The number of halogens is 1. The number of nitrogen functional groups attached to an aromatic ring is 1. The van der Waals surface area contributed by atoms with E-state index in [9.17, 15) is 4.79 Å². The first-order chi connectivity index (χ1) is 7.66. The van der Waals surface area contributed by atoms with Crippen LogP contribution < -0.4 is 5.73 Å². The number of hydrogen-bond acceptors (Lipinski definition) is 3. The van der Waals surface area contributed by atoms with Gasteiger partial charge in [-0.15, -0.1) is 0 Å². The topological polar surface area (TPSA) is 52.3 Å². The highest BCUT2D eigenvalue weighted by Crippen LogP contribution is 2.32. The maximum atomic E-state index is 11.6. The number of carbonyl (C=O) groups is 1. The molecular weight excluding hydrogens is 226 g/mol. The number of hydrogen-bond donors (Lipinski definition) is 1. The standard InChI is InChI=1S/C12H14ClNO2/c13-10-4-3-9(7-11(10)14)12(15)16-6-5-8-1-2-8/h3-4,7-8H,1-2,5-6,14H2. The molecular formula is C12H14ClNO2. The molecule has 0 aliphatic heterocycles. The SMILES string of the molecule is Nc1cc(C(=O)OCCC2CC2)ccc1Cl. The van der Waals surface area contributed by atoms with Crippen molar-refractivity contribution in [2.45, 2.75) is 19.3 Å². The summed E-state index contributed by atoms with van der Waals surface area (Å²) in [5.41, 5.74) is 6.46. The van der Waals surface area contributed by atoms with Gasteiger partial charge in [0, 0.05) is 0 Å². The van der Waals surface area contributed by atoms with Crippen molar-refractivity contribution in [3.8, 4) is 0 Å². The van der Waals surface area contributed by atoms with Gasteiger partial charge in [-0.3, -0.25) is 0 Å². The molecule has 1 fully saturated rings. The average Bonchev–Trinajstić information content (AvgIpc) is 3.06. The highest BCUT2D eigenvalue weighted by Gasteiger charge is 2.21. The molecule has 0 aromatic heterocycles. The Hall–Kier alpha value is -1.22. The van der Waals surface area contributed by atoms with E-state index >= 15 is 0 Å². The zero-order valence-electron chi connectivity index (χ0n) is 8.91. The minimum absolute atomic E-state index is 0.330. The Morgan fingerprint density at radius 3 is 2.88 bits per heavy atom. The van der Waals surface area contributed by atoms with Crippen LogP contribution in [-0.2, 0) is 4.74 Å². The Bertz CT molecular complexity index is 402. The summed E-state index contributed by atoms with van der Waals surface area (Å²) in [5, 5.41) is 0.453. The first-order valence-corrected chi connectivity index (χ1v) is 5.77. The zero-order valence-corrected chi connectivity index (χ0v) is 9.67. The van der Waals surface area contributed by atoms with Crippen LogP contribution in [0.3, 0.4) is 0 Å². The van der Waals surface area contributed by atoms with Crippen molar-refractivity contribution in [2.75, 3.05) is 12.3 Å². The molecule has 0 spiro atoms. The first-order valence-electron chi connectivity index (χ1n) is 5.39. The molecule has 0 bridgehead atoms. The van der Waals surface area contributed by atoms with Crippen molar-refractivity contribution in [1.82, 2.24) is 0 Å². The molecule has 16 heavy (non-hydrogen) atoms. The van der Waals surface area contributed by atoms with Gasteiger partial charge in [0.2, 0.25) is 0 Å². The van der Waals surface area contributed by atoms with Gasteiger partial charge >= 0.3 is 5.97 Å². The third-order valence-corrected chi connectivity index (χ3v) is 3.03. The number of benzene rings is 1. The normalized spacial score (nSPS) is 14.8. The van der Waals surface area contributed by atoms with Gasteiger partial charge in [-0.1, -0.05) is 24.4 Å². The van der Waals surface area contributed by atoms with Crippen molar-refractivity contribution < 1.29 is 9.53 Å². The minimum atomic E-state index is -0.330. The second-order valence-corrected chi connectivity index (χ2v) is 4.51. The summed E-state index contributed by atoms with van der Waals surface area (Å²) in [4.78, 5) is 11.6. The lowest BCUT2D eigenvalue weighted by Gasteiger charge is -2.05. The van der Waals surface area contributed by atoms with Crippen LogP contribution in [0.4, 0.5) is 5.69 Å². The average molecular weight is 240 g/mol. The highest BCUT2D eigenvalue weighted by molar-refractivity contribution is 6.33. The molecule has 3 nitrogen and oxygen atoms in total. The Labute approximate surface area is 99.5 Å². The number of rotatable bonds is 4. The molecule has 1 aliphatic rings. The van der Waals surface area contributed by atoms with E-state index < -0.39 is 0 Å². The fraction of sp³-hybridized carbons (Fsp3) is 0.417. The fourth-order valence-electron chi connectivity index (χ4n) is 1.48. The van der Waals surface area contributed by atoms with Crippen molar-refractivity contribution in [2.24, 2.45) is 5.92 Å². The number of esters is 1. The van der Waals surface area contributed by atoms with Gasteiger partial charge < -0.3 is 10.5 Å².